The highest BCUT2D eigenvalue weighted by Gasteiger charge is 2.36. The van der Waals surface area contributed by atoms with Crippen molar-refractivity contribution in [2.45, 2.75) is 39.2 Å². The summed E-state index contributed by atoms with van der Waals surface area (Å²) in [4.78, 5) is 39.1. The van der Waals surface area contributed by atoms with Gasteiger partial charge >= 0.3 is 5.97 Å². The van der Waals surface area contributed by atoms with Gasteiger partial charge in [-0.2, -0.15) is 0 Å². The van der Waals surface area contributed by atoms with E-state index < -0.39 is 12.0 Å². The number of para-hydroxylation sites is 1. The molecule has 0 saturated carbocycles. The fraction of sp³-hybridized carbons (Fsp3) is 0.571. The van der Waals surface area contributed by atoms with Gasteiger partial charge in [-0.1, -0.05) is 25.5 Å². The minimum Gasteiger partial charge on any atom is -0.490 e. The Balaban J connectivity index is 2.10. The number of carbonyl (C=O) groups excluding carboxylic acids is 3. The maximum absolute atomic E-state index is 13.2. The maximum Gasteiger partial charge on any atom is 0.308 e. The van der Waals surface area contributed by atoms with Crippen LogP contribution in [-0.2, 0) is 19.1 Å². The second-order valence-corrected chi connectivity index (χ2v) is 6.63. The average molecular weight is 406 g/mol. The molecule has 1 aromatic rings. The Hall–Kier alpha value is -2.61. The first kappa shape index (κ1) is 22.7. The number of nitrogens with one attached hydrogen (secondary N) is 1. The Morgan fingerprint density at radius 1 is 1.17 bits per heavy atom. The summed E-state index contributed by atoms with van der Waals surface area (Å²) >= 11 is 0. The number of benzene rings is 1. The van der Waals surface area contributed by atoms with Gasteiger partial charge in [-0.25, -0.2) is 0 Å². The van der Waals surface area contributed by atoms with Crippen molar-refractivity contribution in [3.63, 3.8) is 0 Å². The normalized spacial score (nSPS) is 16.3. The third-order valence-corrected chi connectivity index (χ3v) is 4.52. The number of nitrogens with zero attached hydrogens (tertiary/aromatic N) is 1. The minimum absolute atomic E-state index is 0.172. The number of unbranched alkanes of at least 4 members (excludes halogenated alkanes) is 1. The number of piperazine rings is 1. The molecule has 0 aliphatic carbocycles. The number of carbonyl (C=O) groups is 3. The highest BCUT2D eigenvalue weighted by atomic mass is 16.5. The Kier molecular flexibility index (Phi) is 9.43. The quantitative estimate of drug-likeness (QED) is 0.445. The lowest BCUT2D eigenvalue weighted by molar-refractivity contribution is -0.147. The van der Waals surface area contributed by atoms with Crippen molar-refractivity contribution in [3.8, 4) is 5.75 Å². The second-order valence-electron chi connectivity index (χ2n) is 6.63. The Morgan fingerprint density at radius 2 is 1.97 bits per heavy atom. The van der Waals surface area contributed by atoms with Gasteiger partial charge in [0.1, 0.15) is 18.4 Å². The molecule has 1 fully saturated rings. The van der Waals surface area contributed by atoms with Gasteiger partial charge in [0.15, 0.2) is 0 Å². The molecular formula is C21H30N2O6. The lowest BCUT2D eigenvalue weighted by Gasteiger charge is -2.34. The van der Waals surface area contributed by atoms with Gasteiger partial charge in [0.05, 0.1) is 25.2 Å². The van der Waals surface area contributed by atoms with E-state index in [1.807, 2.05) is 13.8 Å². The zero-order chi connectivity index (χ0) is 21.1. The monoisotopic (exact) mass is 406 g/mol. The molecule has 8 nitrogen and oxygen atoms in total. The molecule has 1 atom stereocenters. The first-order valence-electron chi connectivity index (χ1n) is 10.1. The van der Waals surface area contributed by atoms with E-state index in [2.05, 4.69) is 5.32 Å². The Morgan fingerprint density at radius 3 is 2.72 bits per heavy atom. The molecule has 1 aliphatic rings. The van der Waals surface area contributed by atoms with Crippen LogP contribution in [0.15, 0.2) is 24.3 Å². The molecule has 1 unspecified atom stereocenters. The van der Waals surface area contributed by atoms with Crippen molar-refractivity contribution in [2.75, 3.05) is 39.5 Å². The van der Waals surface area contributed by atoms with Crippen LogP contribution in [0.2, 0.25) is 0 Å². The molecule has 2 amide bonds. The van der Waals surface area contributed by atoms with E-state index in [9.17, 15) is 14.4 Å². The molecule has 160 valence electrons. The van der Waals surface area contributed by atoms with Gasteiger partial charge in [0.2, 0.25) is 5.91 Å². The summed E-state index contributed by atoms with van der Waals surface area (Å²) < 4.78 is 16.1. The first-order chi connectivity index (χ1) is 14.1. The molecule has 1 N–H and O–H groups in total. The van der Waals surface area contributed by atoms with Crippen LogP contribution >= 0.6 is 0 Å². The van der Waals surface area contributed by atoms with Gasteiger partial charge < -0.3 is 24.4 Å². The molecule has 29 heavy (non-hydrogen) atoms. The zero-order valence-corrected chi connectivity index (χ0v) is 17.1. The highest BCUT2D eigenvalue weighted by molar-refractivity contribution is 6.01. The largest absolute Gasteiger partial charge is 0.490 e. The van der Waals surface area contributed by atoms with Crippen molar-refractivity contribution < 1.29 is 28.6 Å². The van der Waals surface area contributed by atoms with E-state index >= 15 is 0 Å². The van der Waals surface area contributed by atoms with Crippen molar-refractivity contribution in [3.05, 3.63) is 29.8 Å². The van der Waals surface area contributed by atoms with Gasteiger partial charge in [-0.3, -0.25) is 14.4 Å². The average Bonchev–Trinajstić information content (AvgIpc) is 2.73. The van der Waals surface area contributed by atoms with Crippen molar-refractivity contribution in [1.82, 2.24) is 10.2 Å². The summed E-state index contributed by atoms with van der Waals surface area (Å²) in [6.45, 7) is 6.16. The fourth-order valence-electron chi connectivity index (χ4n) is 2.99. The van der Waals surface area contributed by atoms with Crippen LogP contribution in [0.4, 0.5) is 0 Å². The molecule has 1 saturated heterocycles. The summed E-state index contributed by atoms with van der Waals surface area (Å²) in [5.41, 5.74) is 0.350. The SMILES string of the molecule is CCCCOC(=O)CC1C(=O)NCCN1C(=O)c1ccccc1OCCOCC. The van der Waals surface area contributed by atoms with Gasteiger partial charge in [-0.05, 0) is 25.5 Å². The van der Waals surface area contributed by atoms with E-state index in [-0.39, 0.29) is 18.2 Å². The smallest absolute Gasteiger partial charge is 0.308 e. The second kappa shape index (κ2) is 12.1. The summed E-state index contributed by atoms with van der Waals surface area (Å²) in [5.74, 6) is -0.767. The van der Waals surface area contributed by atoms with Crippen molar-refractivity contribution >= 4 is 17.8 Å². The Bertz CT molecular complexity index is 694. The summed E-state index contributed by atoms with van der Waals surface area (Å²) in [5, 5.41) is 2.72. The van der Waals surface area contributed by atoms with E-state index in [1.165, 1.54) is 4.90 Å². The fourth-order valence-corrected chi connectivity index (χ4v) is 2.99. The summed E-state index contributed by atoms with van der Waals surface area (Å²) in [6.07, 6.45) is 1.49. The standard InChI is InChI=1S/C21H30N2O6/c1-3-5-12-29-19(24)15-17-20(25)22-10-11-23(17)21(26)16-8-6-7-9-18(16)28-14-13-27-4-2/h6-9,17H,3-5,10-15H2,1-2H3,(H,22,25). The molecule has 1 aliphatic heterocycles. The van der Waals surface area contributed by atoms with E-state index in [1.54, 1.807) is 24.3 Å². The number of ether oxygens (including phenoxy) is 3. The van der Waals surface area contributed by atoms with Crippen LogP contribution in [0.1, 0.15) is 43.5 Å². The zero-order valence-electron chi connectivity index (χ0n) is 17.1. The Labute approximate surface area is 171 Å². The molecule has 2 rings (SSSR count). The van der Waals surface area contributed by atoms with E-state index in [0.29, 0.717) is 50.8 Å². The lowest BCUT2D eigenvalue weighted by Crippen LogP contribution is -2.57. The van der Waals surface area contributed by atoms with Crippen LogP contribution in [-0.4, -0.2) is 68.2 Å². The number of hydrogen-bond acceptors (Lipinski definition) is 6. The third-order valence-electron chi connectivity index (χ3n) is 4.52. The van der Waals surface area contributed by atoms with Crippen LogP contribution in [0.5, 0.6) is 5.75 Å². The summed E-state index contributed by atoms with van der Waals surface area (Å²) in [6, 6.07) is 5.97. The molecule has 8 heteroatoms. The highest BCUT2D eigenvalue weighted by Crippen LogP contribution is 2.22. The molecule has 0 bridgehead atoms. The predicted molar refractivity (Wildman–Crippen MR) is 107 cm³/mol. The third kappa shape index (κ3) is 6.74. The molecule has 0 aromatic heterocycles. The van der Waals surface area contributed by atoms with Crippen LogP contribution in [0, 0.1) is 0 Å². The van der Waals surface area contributed by atoms with Crippen molar-refractivity contribution in [2.24, 2.45) is 0 Å². The molecule has 0 radical (unpaired) electrons. The number of amides is 2. The van der Waals surface area contributed by atoms with Gasteiger partial charge in [0, 0.05) is 19.7 Å². The van der Waals surface area contributed by atoms with E-state index in [0.717, 1.165) is 12.8 Å². The topological polar surface area (TPSA) is 94.2 Å². The number of hydrogen-bond donors (Lipinski definition) is 1. The number of esters is 1. The molecule has 1 aromatic carbocycles. The summed E-state index contributed by atoms with van der Waals surface area (Å²) in [7, 11) is 0. The van der Waals surface area contributed by atoms with Gasteiger partial charge in [-0.15, -0.1) is 0 Å². The lowest BCUT2D eigenvalue weighted by atomic mass is 10.1. The first-order valence-corrected chi connectivity index (χ1v) is 10.1. The predicted octanol–water partition coefficient (Wildman–Crippen LogP) is 1.78. The molecule has 1 heterocycles. The molecule has 0 spiro atoms. The maximum atomic E-state index is 13.2. The van der Waals surface area contributed by atoms with Gasteiger partial charge in [0.25, 0.3) is 5.91 Å². The molecular weight excluding hydrogens is 376 g/mol. The minimum atomic E-state index is -0.901. The van der Waals surface area contributed by atoms with Crippen LogP contribution < -0.4 is 10.1 Å². The van der Waals surface area contributed by atoms with Crippen LogP contribution in [0.3, 0.4) is 0 Å². The number of rotatable bonds is 11. The van der Waals surface area contributed by atoms with E-state index in [4.69, 9.17) is 14.2 Å². The van der Waals surface area contributed by atoms with Crippen LogP contribution in [0.25, 0.3) is 0 Å². The van der Waals surface area contributed by atoms with Crippen molar-refractivity contribution in [1.29, 1.82) is 0 Å².